The molecule has 0 unspecified atom stereocenters. The lowest BCUT2D eigenvalue weighted by Gasteiger charge is -2.25. The third kappa shape index (κ3) is 6.07. The van der Waals surface area contributed by atoms with Gasteiger partial charge in [0.25, 0.3) is 0 Å². The molecule has 0 amide bonds. The Hall–Kier alpha value is -1.67. The highest BCUT2D eigenvalue weighted by atomic mass is 35.5. The average Bonchev–Trinajstić information content (AvgIpc) is 2.85. The summed E-state index contributed by atoms with van der Waals surface area (Å²) >= 11 is 13.9. The van der Waals surface area contributed by atoms with Crippen LogP contribution >= 0.6 is 42.2 Å². The second kappa shape index (κ2) is 12.2. The van der Waals surface area contributed by atoms with Gasteiger partial charge in [-0.05, 0) is 54.6 Å². The third-order valence-corrected chi connectivity index (χ3v) is 11.1. The Kier molecular flexibility index (Phi) is 9.56. The summed E-state index contributed by atoms with van der Waals surface area (Å²) in [6.45, 7) is 2.98. The molecule has 0 aliphatic rings. The summed E-state index contributed by atoms with van der Waals surface area (Å²) in [5.41, 5.74) is 0. The second-order valence-electron chi connectivity index (χ2n) is 7.42. The van der Waals surface area contributed by atoms with E-state index >= 15 is 0 Å². The Morgan fingerprint density at radius 2 is 1.30 bits per heavy atom. The maximum absolute atomic E-state index is 6.35. The normalized spacial score (nSPS) is 11.0. The van der Waals surface area contributed by atoms with Crippen LogP contribution in [0, 0.1) is 0 Å². The average molecular weight is 534 g/mol. The molecular weight excluding hydrogens is 510 g/mol. The van der Waals surface area contributed by atoms with E-state index in [1.54, 1.807) is 11.8 Å². The SMILES string of the molecule is C[P+](c1ccccc1)(c1ccccc1)c1ccccc1OCCSc1ccc(Cl)c(Cl)c1.[Cl-]. The van der Waals surface area contributed by atoms with Crippen molar-refractivity contribution in [2.75, 3.05) is 19.0 Å². The van der Waals surface area contributed by atoms with Crippen LogP contribution in [0.4, 0.5) is 0 Å². The fourth-order valence-electron chi connectivity index (χ4n) is 3.71. The molecule has 0 aliphatic carbocycles. The Morgan fingerprint density at radius 3 is 1.91 bits per heavy atom. The van der Waals surface area contributed by atoms with Crippen molar-refractivity contribution in [1.82, 2.24) is 0 Å². The van der Waals surface area contributed by atoms with Gasteiger partial charge in [-0.1, -0.05) is 71.7 Å². The molecule has 0 spiro atoms. The van der Waals surface area contributed by atoms with E-state index in [-0.39, 0.29) is 12.4 Å². The molecule has 0 fully saturated rings. The standard InChI is InChI=1S/C27H24Cl2OPS.ClH/c1-31(21-10-4-2-5-11-21,22-12-6-3-7-13-22)27-15-9-8-14-26(27)30-18-19-32-23-16-17-24(28)25(29)20-23;/h2-17,20H,18-19H2,1H3;1H/q+1;/p-1. The van der Waals surface area contributed by atoms with Crippen molar-refractivity contribution in [3.8, 4) is 5.75 Å². The van der Waals surface area contributed by atoms with Crippen LogP contribution in [0.3, 0.4) is 0 Å². The minimum Gasteiger partial charge on any atom is -1.00 e. The zero-order valence-electron chi connectivity index (χ0n) is 18.1. The molecule has 4 rings (SSSR count). The predicted octanol–water partition coefficient (Wildman–Crippen LogP) is 4.09. The zero-order valence-corrected chi connectivity index (χ0v) is 22.1. The van der Waals surface area contributed by atoms with Gasteiger partial charge in [0.1, 0.15) is 23.2 Å². The van der Waals surface area contributed by atoms with Crippen molar-refractivity contribution in [3.63, 3.8) is 0 Å². The predicted molar refractivity (Wildman–Crippen MR) is 144 cm³/mol. The highest BCUT2D eigenvalue weighted by molar-refractivity contribution is 7.99. The first-order valence-corrected chi connectivity index (χ1v) is 14.3. The molecule has 6 heteroatoms. The number of hydrogen-bond donors (Lipinski definition) is 0. The number of rotatable bonds is 8. The molecule has 0 saturated carbocycles. The first-order chi connectivity index (χ1) is 15.6. The fraction of sp³-hybridized carbons (Fsp3) is 0.111. The molecule has 4 aromatic rings. The van der Waals surface area contributed by atoms with Crippen molar-refractivity contribution in [3.05, 3.63) is 113 Å². The molecular formula is C27H24Cl3OPS. The van der Waals surface area contributed by atoms with Gasteiger partial charge >= 0.3 is 0 Å². The van der Waals surface area contributed by atoms with Crippen LogP contribution in [0.15, 0.2) is 108 Å². The quantitative estimate of drug-likeness (QED) is 0.192. The lowest BCUT2D eigenvalue weighted by atomic mass is 10.3. The van der Waals surface area contributed by atoms with Crippen LogP contribution < -0.4 is 33.1 Å². The highest BCUT2D eigenvalue weighted by Gasteiger charge is 2.42. The monoisotopic (exact) mass is 532 g/mol. The summed E-state index contributed by atoms with van der Waals surface area (Å²) in [6, 6.07) is 35.7. The summed E-state index contributed by atoms with van der Waals surface area (Å²) in [6.07, 6.45) is 0. The number of hydrogen-bond acceptors (Lipinski definition) is 2. The molecule has 1 nitrogen and oxygen atoms in total. The Labute approximate surface area is 217 Å². The van der Waals surface area contributed by atoms with Crippen LogP contribution in [0.5, 0.6) is 5.75 Å². The largest absolute Gasteiger partial charge is 1.00 e. The summed E-state index contributed by atoms with van der Waals surface area (Å²) < 4.78 is 6.35. The smallest absolute Gasteiger partial charge is 0.162 e. The van der Waals surface area contributed by atoms with Crippen molar-refractivity contribution in [2.45, 2.75) is 4.90 Å². The van der Waals surface area contributed by atoms with E-state index in [1.165, 1.54) is 15.9 Å². The summed E-state index contributed by atoms with van der Waals surface area (Å²) in [5, 5.41) is 5.09. The number of thioether (sulfide) groups is 1. The van der Waals surface area contributed by atoms with Gasteiger partial charge in [0.15, 0.2) is 5.75 Å². The number of benzene rings is 4. The summed E-state index contributed by atoms with van der Waals surface area (Å²) in [7, 11) is -1.85. The zero-order chi connectivity index (χ0) is 22.4. The van der Waals surface area contributed by atoms with Crippen molar-refractivity contribution >= 4 is 58.1 Å². The second-order valence-corrected chi connectivity index (χ2v) is 12.9. The van der Waals surface area contributed by atoms with Crippen LogP contribution in [0.2, 0.25) is 10.0 Å². The lowest BCUT2D eigenvalue weighted by Crippen LogP contribution is -3.00. The Balaban J connectivity index is 0.00000306. The summed E-state index contributed by atoms with van der Waals surface area (Å²) in [4.78, 5) is 1.09. The highest BCUT2D eigenvalue weighted by Crippen LogP contribution is 2.53. The van der Waals surface area contributed by atoms with Gasteiger partial charge in [0.2, 0.25) is 0 Å². The molecule has 0 saturated heterocycles. The topological polar surface area (TPSA) is 9.23 Å². The van der Waals surface area contributed by atoms with Gasteiger partial charge in [0, 0.05) is 10.6 Å². The van der Waals surface area contributed by atoms with Gasteiger partial charge < -0.3 is 17.1 Å². The van der Waals surface area contributed by atoms with Crippen molar-refractivity contribution in [2.24, 2.45) is 0 Å². The molecule has 0 radical (unpaired) electrons. The van der Waals surface area contributed by atoms with Crippen LogP contribution in [0.25, 0.3) is 0 Å². The van der Waals surface area contributed by atoms with Crippen molar-refractivity contribution < 1.29 is 17.1 Å². The van der Waals surface area contributed by atoms with E-state index < -0.39 is 7.26 Å². The third-order valence-electron chi connectivity index (χ3n) is 5.39. The lowest BCUT2D eigenvalue weighted by molar-refractivity contribution is -0.00000650. The van der Waals surface area contributed by atoms with E-state index in [1.807, 2.05) is 24.3 Å². The molecule has 170 valence electrons. The van der Waals surface area contributed by atoms with Crippen LogP contribution in [-0.2, 0) is 0 Å². The maximum Gasteiger partial charge on any atom is 0.162 e. The van der Waals surface area contributed by atoms with Gasteiger partial charge in [0.05, 0.1) is 23.3 Å². The Morgan fingerprint density at radius 1 is 0.727 bits per heavy atom. The van der Waals surface area contributed by atoms with Gasteiger partial charge in [-0.3, -0.25) is 0 Å². The van der Waals surface area contributed by atoms with Crippen LogP contribution in [0.1, 0.15) is 0 Å². The van der Waals surface area contributed by atoms with Crippen molar-refractivity contribution in [1.29, 1.82) is 0 Å². The van der Waals surface area contributed by atoms with Gasteiger partial charge in [-0.25, -0.2) is 0 Å². The number of halogens is 3. The van der Waals surface area contributed by atoms with Crippen LogP contribution in [-0.4, -0.2) is 19.0 Å². The van der Waals surface area contributed by atoms with Gasteiger partial charge in [-0.2, -0.15) is 0 Å². The van der Waals surface area contributed by atoms with E-state index in [2.05, 4.69) is 85.5 Å². The number of para-hydroxylation sites is 1. The minimum atomic E-state index is -1.85. The minimum absolute atomic E-state index is 0. The van der Waals surface area contributed by atoms with E-state index in [9.17, 15) is 0 Å². The first kappa shape index (κ1) is 25.9. The molecule has 0 heterocycles. The fourth-order valence-corrected chi connectivity index (χ4v) is 8.19. The Bertz CT molecular complexity index is 1130. The molecule has 0 atom stereocenters. The van der Waals surface area contributed by atoms with E-state index in [0.717, 1.165) is 16.4 Å². The molecule has 4 aromatic carbocycles. The van der Waals surface area contributed by atoms with E-state index in [4.69, 9.17) is 27.9 Å². The molecule has 0 aliphatic heterocycles. The van der Waals surface area contributed by atoms with E-state index in [0.29, 0.717) is 16.7 Å². The molecule has 33 heavy (non-hydrogen) atoms. The summed E-state index contributed by atoms with van der Waals surface area (Å²) in [5.74, 6) is 1.77. The maximum atomic E-state index is 6.35. The molecule has 0 N–H and O–H groups in total. The number of ether oxygens (including phenoxy) is 1. The first-order valence-electron chi connectivity index (χ1n) is 10.4. The van der Waals surface area contributed by atoms with Gasteiger partial charge in [-0.15, -0.1) is 11.8 Å². The molecule has 0 bridgehead atoms. The molecule has 0 aromatic heterocycles.